The highest BCUT2D eigenvalue weighted by atomic mass is 31.2. The van der Waals surface area contributed by atoms with E-state index in [1.807, 2.05) is 0 Å². The lowest BCUT2D eigenvalue weighted by Gasteiger charge is -2.49. The predicted octanol–water partition coefficient (Wildman–Crippen LogP) is 7.41. The Hall–Kier alpha value is -2.24. The number of hydrogen-bond acceptors (Lipinski definition) is 23. The van der Waals surface area contributed by atoms with Crippen LogP contribution >= 0.6 is 7.82 Å². The Bertz CT molecular complexity index is 2200. The maximum atomic E-state index is 14.8. The molecule has 9 N–H and O–H groups in total. The van der Waals surface area contributed by atoms with Crippen molar-refractivity contribution in [3.8, 4) is 0 Å². The van der Waals surface area contributed by atoms with E-state index in [0.717, 1.165) is 89.9 Å². The molecule has 3 saturated carbocycles. The molecule has 7 rings (SSSR count). The van der Waals surface area contributed by atoms with Gasteiger partial charge in [0.15, 0.2) is 30.3 Å². The Morgan fingerprint density at radius 1 is 0.576 bits per heavy atom. The van der Waals surface area contributed by atoms with Crippen molar-refractivity contribution in [3.63, 3.8) is 0 Å². The Morgan fingerprint density at radius 3 is 1.52 bits per heavy atom. The average molecular weight is 1340 g/mol. The number of phosphoric ester groups is 1. The lowest BCUT2D eigenvalue weighted by atomic mass is 9.84. The van der Waals surface area contributed by atoms with E-state index in [0.29, 0.717) is 38.5 Å². The maximum absolute atomic E-state index is 14.8. The molecule has 2 spiro atoms. The third kappa shape index (κ3) is 23.2. The van der Waals surface area contributed by atoms with E-state index < -0.39 is 167 Å². The molecule has 92 heavy (non-hydrogen) atoms. The van der Waals surface area contributed by atoms with Crippen molar-refractivity contribution in [2.45, 2.75) is 374 Å². The first kappa shape index (κ1) is 77.1. The molecule has 1 amide bonds. The second kappa shape index (κ2) is 38.2. The summed E-state index contributed by atoms with van der Waals surface area (Å²) in [5.41, 5.74) is 2.96. The topological polar surface area (TPSA) is 352 Å². The second-order valence-corrected chi connectivity index (χ2v) is 29.2. The minimum atomic E-state index is -5.61. The number of ether oxygens (including phenoxy) is 11. The number of aliphatic hydroxyl groups excluding tert-OH is 5. The average Bonchev–Trinajstić information content (AvgIpc) is 1.54. The fourth-order valence-corrected chi connectivity index (χ4v) is 14.9. The summed E-state index contributed by atoms with van der Waals surface area (Å²) in [5.74, 6) is -3.47. The van der Waals surface area contributed by atoms with E-state index in [1.165, 1.54) is 77.0 Å². The van der Waals surface area contributed by atoms with Gasteiger partial charge in [-0.1, -0.05) is 155 Å². The van der Waals surface area contributed by atoms with Crippen molar-refractivity contribution in [2.75, 3.05) is 26.4 Å². The highest BCUT2D eigenvalue weighted by molar-refractivity contribution is 7.45. The summed E-state index contributed by atoms with van der Waals surface area (Å²) >= 11 is 0. The number of alkyl carbamates (subject to hydrolysis) is 1. The molecule has 25 nitrogen and oxygen atoms in total. The monoisotopic (exact) mass is 1340 g/mol. The molecule has 0 aromatic carbocycles. The van der Waals surface area contributed by atoms with Crippen molar-refractivity contribution in [2.24, 2.45) is 0 Å². The van der Waals surface area contributed by atoms with Gasteiger partial charge in [0, 0.05) is 38.5 Å². The van der Waals surface area contributed by atoms with Gasteiger partial charge in [0.2, 0.25) is 0 Å². The van der Waals surface area contributed by atoms with Crippen LogP contribution in [0.2, 0.25) is 0 Å². The van der Waals surface area contributed by atoms with E-state index in [1.54, 1.807) is 20.8 Å². The van der Waals surface area contributed by atoms with Crippen LogP contribution in [0, 0.1) is 0 Å². The van der Waals surface area contributed by atoms with Crippen LogP contribution in [-0.2, 0) is 75.3 Å². The molecule has 4 aliphatic heterocycles. The number of nitrogens with one attached hydrogen (secondary N) is 1. The second-order valence-electron chi connectivity index (χ2n) is 27.8. The van der Waals surface area contributed by atoms with Crippen molar-refractivity contribution in [3.05, 3.63) is 0 Å². The first-order valence-electron chi connectivity index (χ1n) is 35.6. The molecule has 26 heteroatoms. The molecule has 7 aliphatic rings. The third-order valence-electron chi connectivity index (χ3n) is 19.0. The number of hydrogen-bond donors (Lipinski definition) is 7. The first-order chi connectivity index (χ1) is 44.1. The van der Waals surface area contributed by atoms with Crippen LogP contribution in [0.3, 0.4) is 0 Å². The molecular formula is C66H117N2O23P. The standard InChI is InChI=1S/C66H117N2O23P/c1-6-8-10-12-14-16-18-20-22-24-28-34-47(70)79-42-44(81-48(71)35-29-25-23-21-19-17-15-13-11-9-7-2)43-80-92(77,78)91-60-55(56-57(87-65(86-56)36-30-26-31-37-65)58-59(60)89-66(88-58)38-32-27-33-39-66)85-61-49(68-63(76)90-64(3,4)5)51(73)54(45(40-67)82-61)84-62-53(75)52(74)50(72)46(41-69)83-62/h44-46,49-62,69,72-75H,6-43,67H2,1-5H3,(H,68,76)(H,77,78)/t44-,45-,46-,49-,50-,51-,52+,53+,54-,55-,56-,57+,58-,59-,60+,61-,62-/m1/s1. The van der Waals surface area contributed by atoms with Gasteiger partial charge in [0.1, 0.15) is 104 Å². The van der Waals surface area contributed by atoms with Crippen molar-refractivity contribution < 1.29 is 116 Å². The quantitative estimate of drug-likeness (QED) is 0.0136. The summed E-state index contributed by atoms with van der Waals surface area (Å²) < 4.78 is 97.1. The van der Waals surface area contributed by atoms with Gasteiger partial charge < -0.3 is 103 Å². The molecule has 534 valence electrons. The molecule has 1 unspecified atom stereocenters. The molecule has 0 aromatic heterocycles. The van der Waals surface area contributed by atoms with E-state index in [9.17, 15) is 49.4 Å². The molecule has 3 aliphatic carbocycles. The van der Waals surface area contributed by atoms with Crippen LogP contribution in [0.5, 0.6) is 0 Å². The molecule has 0 radical (unpaired) electrons. The zero-order valence-corrected chi connectivity index (χ0v) is 56.8. The Labute approximate surface area is 546 Å². The smallest absolute Gasteiger partial charge is 0.408 e. The molecule has 4 saturated heterocycles. The predicted molar refractivity (Wildman–Crippen MR) is 332 cm³/mol. The fourth-order valence-electron chi connectivity index (χ4n) is 14.0. The maximum Gasteiger partial charge on any atom is 0.408 e. The lowest BCUT2D eigenvalue weighted by Crippen LogP contribution is -2.73. The lowest BCUT2D eigenvalue weighted by molar-refractivity contribution is -0.423. The summed E-state index contributed by atoms with van der Waals surface area (Å²) in [4.78, 5) is 55.5. The number of rotatable bonds is 39. The molecule has 4 heterocycles. The number of aliphatic hydroxyl groups is 5. The summed E-state index contributed by atoms with van der Waals surface area (Å²) in [6, 6.07) is -1.65. The van der Waals surface area contributed by atoms with Crippen molar-refractivity contribution in [1.29, 1.82) is 0 Å². The van der Waals surface area contributed by atoms with Gasteiger partial charge in [-0.05, 0) is 59.3 Å². The number of phosphoric acid groups is 1. The summed E-state index contributed by atoms with van der Waals surface area (Å²) in [6.45, 7) is 7.09. The van der Waals surface area contributed by atoms with Crippen molar-refractivity contribution in [1.82, 2.24) is 5.32 Å². The summed E-state index contributed by atoms with van der Waals surface area (Å²) in [7, 11) is -5.61. The minimum absolute atomic E-state index is 0.0540. The Morgan fingerprint density at radius 2 is 1.03 bits per heavy atom. The zero-order chi connectivity index (χ0) is 66.3. The van der Waals surface area contributed by atoms with Gasteiger partial charge in [-0.15, -0.1) is 0 Å². The normalized spacial score (nSPS) is 32.8. The van der Waals surface area contributed by atoms with Crippen LogP contribution in [0.1, 0.15) is 253 Å². The first-order valence-corrected chi connectivity index (χ1v) is 37.0. The molecule has 18 atom stereocenters. The SMILES string of the molecule is CCCCCCCCCCCCCC(=O)OC[C@H](COP(=O)([O-])O[C@H]1[C@H](O[C@H]2O[C@H](C[NH3+])[C@@H](O[C@H]3O[C@H](CO)[C@@H](O)[C@H](O)[C@@H]3O)[C@H](O)[C@H]2NC(=O)OC(C)(C)C)[C@H]2OC3(CCCCC3)O[C@@H]2[C@H]2OC3(CCCCC3)O[C@H]21)OC(=O)CCCCCCCCCCCCC. The number of amides is 1. The molecule has 7 fully saturated rings. The van der Waals surface area contributed by atoms with Crippen LogP contribution < -0.4 is 15.9 Å². The van der Waals surface area contributed by atoms with Crippen LogP contribution in [0.15, 0.2) is 0 Å². The molecular weight excluding hydrogens is 1220 g/mol. The van der Waals surface area contributed by atoms with Gasteiger partial charge in [0.05, 0.1) is 13.2 Å². The van der Waals surface area contributed by atoms with Gasteiger partial charge in [-0.3, -0.25) is 14.2 Å². The van der Waals surface area contributed by atoms with Gasteiger partial charge in [-0.25, -0.2) is 4.79 Å². The number of unbranched alkanes of at least 4 members (excludes halogenated alkanes) is 20. The van der Waals surface area contributed by atoms with Crippen LogP contribution in [-0.4, -0.2) is 191 Å². The Kier molecular flexibility index (Phi) is 32.0. The largest absolute Gasteiger partial charge is 0.756 e. The van der Waals surface area contributed by atoms with E-state index >= 15 is 0 Å². The number of fused-ring (bicyclic) bond motifs is 3. The van der Waals surface area contributed by atoms with Gasteiger partial charge >= 0.3 is 18.0 Å². The number of carbonyl (C=O) groups excluding carboxylic acids is 3. The molecule has 0 bridgehead atoms. The highest BCUT2D eigenvalue weighted by Crippen LogP contribution is 2.55. The van der Waals surface area contributed by atoms with E-state index in [-0.39, 0.29) is 19.4 Å². The van der Waals surface area contributed by atoms with Gasteiger partial charge in [-0.2, -0.15) is 0 Å². The van der Waals surface area contributed by atoms with Crippen molar-refractivity contribution >= 4 is 25.9 Å². The fraction of sp³-hybridized carbons (Fsp3) is 0.955. The number of carbonyl (C=O) groups is 3. The third-order valence-corrected chi connectivity index (χ3v) is 20.0. The summed E-state index contributed by atoms with van der Waals surface area (Å²) in [5, 5.41) is 57.4. The highest BCUT2D eigenvalue weighted by Gasteiger charge is 2.68. The number of quaternary nitrogens is 1. The zero-order valence-electron chi connectivity index (χ0n) is 55.9. The van der Waals surface area contributed by atoms with E-state index in [4.69, 9.17) is 61.2 Å². The van der Waals surface area contributed by atoms with E-state index in [2.05, 4.69) is 24.9 Å². The van der Waals surface area contributed by atoms with Crippen LogP contribution in [0.25, 0.3) is 0 Å². The summed E-state index contributed by atoms with van der Waals surface area (Å²) in [6.07, 6.45) is 5.95. The minimum Gasteiger partial charge on any atom is -0.756 e. The Balaban J connectivity index is 1.12. The number of esters is 2. The molecule has 0 aromatic rings. The van der Waals surface area contributed by atoms with Gasteiger partial charge in [0.25, 0.3) is 7.82 Å². The van der Waals surface area contributed by atoms with Crippen LogP contribution in [0.4, 0.5) is 4.79 Å².